The van der Waals surface area contributed by atoms with E-state index in [1.54, 1.807) is 20.3 Å². The van der Waals surface area contributed by atoms with Crippen molar-refractivity contribution >= 4 is 5.82 Å². The molecular formula is C15H15N3O2. The smallest absolute Gasteiger partial charge is 0.161 e. The van der Waals surface area contributed by atoms with Crippen molar-refractivity contribution in [3.05, 3.63) is 35.4 Å². The average Bonchev–Trinajstić information content (AvgIpc) is 2.46. The monoisotopic (exact) mass is 269 g/mol. The second-order valence-electron chi connectivity index (χ2n) is 4.27. The van der Waals surface area contributed by atoms with Crippen LogP contribution in [0.15, 0.2) is 24.3 Å². The molecule has 0 radical (unpaired) electrons. The third-order valence-electron chi connectivity index (χ3n) is 3.04. The number of nitrogen functional groups attached to an aromatic ring is 1. The number of hydrogen-bond acceptors (Lipinski definition) is 5. The van der Waals surface area contributed by atoms with Gasteiger partial charge in [0.1, 0.15) is 11.9 Å². The molecule has 5 nitrogen and oxygen atoms in total. The number of methoxy groups -OCH3 is 2. The normalized spacial score (nSPS) is 9.90. The standard InChI is InChI=1S/C15H15N3O2/c1-9-6-12(18-15(17)11(9)8-16)10-4-5-13(19-2)14(7-10)20-3/h4-7H,1-3H3,(H2,17,18). The predicted octanol–water partition coefficient (Wildman–Crippen LogP) is 2.53. The summed E-state index contributed by atoms with van der Waals surface area (Å²) in [7, 11) is 3.16. The Kier molecular flexibility index (Phi) is 3.76. The average molecular weight is 269 g/mol. The van der Waals surface area contributed by atoms with Crippen molar-refractivity contribution in [2.75, 3.05) is 20.0 Å². The fourth-order valence-electron chi connectivity index (χ4n) is 1.99. The largest absolute Gasteiger partial charge is 0.493 e. The second-order valence-corrected chi connectivity index (χ2v) is 4.27. The van der Waals surface area contributed by atoms with Gasteiger partial charge in [0.2, 0.25) is 0 Å². The van der Waals surface area contributed by atoms with Crippen molar-refractivity contribution in [2.24, 2.45) is 0 Å². The highest BCUT2D eigenvalue weighted by Gasteiger charge is 2.11. The zero-order valence-corrected chi connectivity index (χ0v) is 11.6. The minimum absolute atomic E-state index is 0.234. The van der Waals surface area contributed by atoms with E-state index in [1.165, 1.54) is 0 Å². The zero-order valence-electron chi connectivity index (χ0n) is 11.6. The van der Waals surface area contributed by atoms with Gasteiger partial charge in [-0.05, 0) is 36.8 Å². The van der Waals surface area contributed by atoms with E-state index in [9.17, 15) is 0 Å². The molecule has 0 atom stereocenters. The van der Waals surface area contributed by atoms with Gasteiger partial charge in [-0.15, -0.1) is 0 Å². The Bertz CT molecular complexity index is 667. The Morgan fingerprint density at radius 2 is 1.85 bits per heavy atom. The van der Waals surface area contributed by atoms with Gasteiger partial charge in [-0.3, -0.25) is 0 Å². The van der Waals surface area contributed by atoms with Crippen LogP contribution in [0.4, 0.5) is 5.82 Å². The summed E-state index contributed by atoms with van der Waals surface area (Å²) in [5.74, 6) is 1.50. The number of nitrogens with zero attached hydrogens (tertiary/aromatic N) is 2. The maximum absolute atomic E-state index is 9.00. The molecule has 0 fully saturated rings. The summed E-state index contributed by atoms with van der Waals surface area (Å²) in [6.07, 6.45) is 0. The minimum Gasteiger partial charge on any atom is -0.493 e. The van der Waals surface area contributed by atoms with E-state index >= 15 is 0 Å². The number of ether oxygens (including phenoxy) is 2. The zero-order chi connectivity index (χ0) is 14.7. The SMILES string of the molecule is COc1ccc(-c2cc(C)c(C#N)c(N)n2)cc1OC. The van der Waals surface area contributed by atoms with Gasteiger partial charge in [0, 0.05) is 5.56 Å². The number of anilines is 1. The highest BCUT2D eigenvalue weighted by molar-refractivity contribution is 5.68. The van der Waals surface area contributed by atoms with Crippen LogP contribution >= 0.6 is 0 Å². The maximum Gasteiger partial charge on any atom is 0.161 e. The number of rotatable bonds is 3. The van der Waals surface area contributed by atoms with Crippen molar-refractivity contribution in [3.63, 3.8) is 0 Å². The molecule has 0 aliphatic carbocycles. The summed E-state index contributed by atoms with van der Waals surface area (Å²) in [5.41, 5.74) is 8.56. The van der Waals surface area contributed by atoms with Gasteiger partial charge in [-0.25, -0.2) is 4.98 Å². The molecular weight excluding hydrogens is 254 g/mol. The van der Waals surface area contributed by atoms with Gasteiger partial charge < -0.3 is 15.2 Å². The molecule has 0 aliphatic heterocycles. The third-order valence-corrected chi connectivity index (χ3v) is 3.04. The lowest BCUT2D eigenvalue weighted by Crippen LogP contribution is -1.99. The van der Waals surface area contributed by atoms with Crippen LogP contribution < -0.4 is 15.2 Å². The minimum atomic E-state index is 0.234. The van der Waals surface area contributed by atoms with Crippen LogP contribution in [0.3, 0.4) is 0 Å². The molecule has 5 heteroatoms. The molecule has 1 aromatic carbocycles. The van der Waals surface area contributed by atoms with Gasteiger partial charge >= 0.3 is 0 Å². The molecule has 0 aliphatic rings. The van der Waals surface area contributed by atoms with Crippen LogP contribution in [0.1, 0.15) is 11.1 Å². The van der Waals surface area contributed by atoms with Gasteiger partial charge in [0.25, 0.3) is 0 Å². The number of benzene rings is 1. The molecule has 2 N–H and O–H groups in total. The topological polar surface area (TPSA) is 81.2 Å². The molecule has 0 amide bonds. The van der Waals surface area contributed by atoms with Crippen LogP contribution in [-0.4, -0.2) is 19.2 Å². The molecule has 1 aromatic heterocycles. The maximum atomic E-state index is 9.00. The summed E-state index contributed by atoms with van der Waals surface area (Å²) in [6.45, 7) is 1.83. The molecule has 0 saturated heterocycles. The van der Waals surface area contributed by atoms with Crippen molar-refractivity contribution in [1.82, 2.24) is 4.98 Å². The van der Waals surface area contributed by atoms with Crippen molar-refractivity contribution in [1.29, 1.82) is 5.26 Å². The van der Waals surface area contributed by atoms with E-state index in [0.717, 1.165) is 11.1 Å². The van der Waals surface area contributed by atoms with Crippen molar-refractivity contribution in [2.45, 2.75) is 6.92 Å². The number of pyridine rings is 1. The quantitative estimate of drug-likeness (QED) is 0.926. The van der Waals surface area contributed by atoms with Crippen molar-refractivity contribution in [3.8, 4) is 28.8 Å². The molecule has 0 unspecified atom stereocenters. The van der Waals surface area contributed by atoms with Crippen LogP contribution in [0, 0.1) is 18.3 Å². The first-order chi connectivity index (χ1) is 9.60. The molecule has 2 aromatic rings. The summed E-state index contributed by atoms with van der Waals surface area (Å²) in [6, 6.07) is 9.38. The molecule has 0 spiro atoms. The molecule has 102 valence electrons. The molecule has 0 saturated carbocycles. The van der Waals surface area contributed by atoms with E-state index < -0.39 is 0 Å². The van der Waals surface area contributed by atoms with Gasteiger partial charge in [0.05, 0.1) is 25.5 Å². The van der Waals surface area contributed by atoms with Gasteiger partial charge in [-0.2, -0.15) is 5.26 Å². The molecule has 2 rings (SSSR count). The first kappa shape index (κ1) is 13.7. The lowest BCUT2D eigenvalue weighted by Gasteiger charge is -2.10. The van der Waals surface area contributed by atoms with E-state index in [4.69, 9.17) is 20.5 Å². The Morgan fingerprint density at radius 3 is 2.40 bits per heavy atom. The van der Waals surface area contributed by atoms with E-state index in [0.29, 0.717) is 22.8 Å². The Morgan fingerprint density at radius 1 is 1.15 bits per heavy atom. The molecule has 1 heterocycles. The first-order valence-corrected chi connectivity index (χ1v) is 6.00. The predicted molar refractivity (Wildman–Crippen MR) is 76.6 cm³/mol. The van der Waals surface area contributed by atoms with Crippen LogP contribution in [0.2, 0.25) is 0 Å². The Balaban J connectivity index is 2.55. The fraction of sp³-hybridized carbons (Fsp3) is 0.200. The Hall–Kier alpha value is -2.74. The number of hydrogen-bond donors (Lipinski definition) is 1. The number of aryl methyl sites for hydroxylation is 1. The van der Waals surface area contributed by atoms with E-state index in [2.05, 4.69) is 11.1 Å². The van der Waals surface area contributed by atoms with Crippen LogP contribution in [0.5, 0.6) is 11.5 Å². The summed E-state index contributed by atoms with van der Waals surface area (Å²) >= 11 is 0. The summed E-state index contributed by atoms with van der Waals surface area (Å²) in [5, 5.41) is 9.00. The lowest BCUT2D eigenvalue weighted by atomic mass is 10.1. The van der Waals surface area contributed by atoms with E-state index in [-0.39, 0.29) is 5.82 Å². The van der Waals surface area contributed by atoms with Crippen molar-refractivity contribution < 1.29 is 9.47 Å². The number of nitrogens with two attached hydrogens (primary N) is 1. The second kappa shape index (κ2) is 5.49. The van der Waals surface area contributed by atoms with Gasteiger partial charge in [-0.1, -0.05) is 0 Å². The van der Waals surface area contributed by atoms with Crippen LogP contribution in [-0.2, 0) is 0 Å². The summed E-state index contributed by atoms with van der Waals surface area (Å²) in [4.78, 5) is 4.26. The Labute approximate surface area is 117 Å². The fourth-order valence-corrected chi connectivity index (χ4v) is 1.99. The summed E-state index contributed by atoms with van der Waals surface area (Å²) < 4.78 is 10.5. The van der Waals surface area contributed by atoms with Gasteiger partial charge in [0.15, 0.2) is 11.5 Å². The highest BCUT2D eigenvalue weighted by Crippen LogP contribution is 2.32. The third kappa shape index (κ3) is 2.36. The molecule has 0 bridgehead atoms. The number of nitriles is 1. The number of aromatic nitrogens is 1. The van der Waals surface area contributed by atoms with E-state index in [1.807, 2.05) is 25.1 Å². The first-order valence-electron chi connectivity index (χ1n) is 6.00. The van der Waals surface area contributed by atoms with Crippen LogP contribution in [0.25, 0.3) is 11.3 Å². The highest BCUT2D eigenvalue weighted by atomic mass is 16.5. The lowest BCUT2D eigenvalue weighted by molar-refractivity contribution is 0.355. The molecule has 20 heavy (non-hydrogen) atoms.